The Morgan fingerprint density at radius 1 is 1.17 bits per heavy atom. The Morgan fingerprint density at radius 2 is 1.93 bits per heavy atom. The molecule has 1 fully saturated rings. The number of hydrogen-bond donors (Lipinski definition) is 2. The van der Waals surface area contributed by atoms with Gasteiger partial charge in [-0.2, -0.15) is 5.10 Å². The number of likely N-dealkylation sites (tertiary alicyclic amines) is 1. The molecular weight excluding hydrogens is 378 g/mol. The van der Waals surface area contributed by atoms with Crippen LogP contribution < -0.4 is 5.32 Å². The molecule has 2 aromatic heterocycles. The predicted octanol–water partition coefficient (Wildman–Crippen LogP) is 2.95. The summed E-state index contributed by atoms with van der Waals surface area (Å²) in [5.41, 5.74) is 4.29. The van der Waals surface area contributed by atoms with Crippen molar-refractivity contribution < 1.29 is 9.59 Å². The van der Waals surface area contributed by atoms with Crippen molar-refractivity contribution in [3.8, 4) is 11.3 Å². The predicted molar refractivity (Wildman–Crippen MR) is 113 cm³/mol. The minimum Gasteiger partial charge on any atom is -0.352 e. The van der Waals surface area contributed by atoms with E-state index in [-0.39, 0.29) is 17.7 Å². The van der Waals surface area contributed by atoms with Crippen molar-refractivity contribution >= 4 is 11.8 Å². The highest BCUT2D eigenvalue weighted by Gasteiger charge is 2.29. The van der Waals surface area contributed by atoms with E-state index in [2.05, 4.69) is 20.5 Å². The SMILES string of the molecule is Cc1ccc(CNC(=O)[C@@H]2CCCN(C(=O)c3cc(-c4ccncc4)n[nH]3)C2)cc1. The van der Waals surface area contributed by atoms with E-state index < -0.39 is 0 Å². The average molecular weight is 403 g/mol. The van der Waals surface area contributed by atoms with E-state index in [0.29, 0.717) is 31.0 Å². The molecule has 1 aliphatic heterocycles. The second-order valence-electron chi connectivity index (χ2n) is 7.70. The van der Waals surface area contributed by atoms with Crippen molar-refractivity contribution in [1.82, 2.24) is 25.4 Å². The molecule has 4 rings (SSSR count). The van der Waals surface area contributed by atoms with Crippen molar-refractivity contribution in [3.05, 3.63) is 71.7 Å². The number of carbonyl (C=O) groups excluding carboxylic acids is 2. The van der Waals surface area contributed by atoms with E-state index >= 15 is 0 Å². The van der Waals surface area contributed by atoms with E-state index in [0.717, 1.165) is 24.0 Å². The van der Waals surface area contributed by atoms with E-state index in [1.807, 2.05) is 43.3 Å². The number of nitrogens with one attached hydrogen (secondary N) is 2. The molecule has 0 spiro atoms. The van der Waals surface area contributed by atoms with Gasteiger partial charge < -0.3 is 10.2 Å². The Morgan fingerprint density at radius 3 is 2.70 bits per heavy atom. The number of nitrogens with zero attached hydrogens (tertiary/aromatic N) is 3. The third-order valence-electron chi connectivity index (χ3n) is 5.45. The number of H-pyrrole nitrogens is 1. The van der Waals surface area contributed by atoms with E-state index in [1.165, 1.54) is 5.56 Å². The maximum absolute atomic E-state index is 12.9. The molecular formula is C23H25N5O2. The van der Waals surface area contributed by atoms with Crippen LogP contribution in [0.15, 0.2) is 54.9 Å². The fourth-order valence-electron chi connectivity index (χ4n) is 3.69. The van der Waals surface area contributed by atoms with Gasteiger partial charge in [-0.25, -0.2) is 0 Å². The number of benzene rings is 1. The van der Waals surface area contributed by atoms with Crippen LogP contribution in [0.3, 0.4) is 0 Å². The normalized spacial score (nSPS) is 16.3. The zero-order chi connectivity index (χ0) is 20.9. The molecule has 0 bridgehead atoms. The van der Waals surface area contributed by atoms with E-state index in [9.17, 15) is 9.59 Å². The summed E-state index contributed by atoms with van der Waals surface area (Å²) < 4.78 is 0. The van der Waals surface area contributed by atoms with Gasteiger partial charge in [-0.1, -0.05) is 29.8 Å². The zero-order valence-electron chi connectivity index (χ0n) is 17.0. The van der Waals surface area contributed by atoms with Crippen LogP contribution in [0.1, 0.15) is 34.5 Å². The maximum Gasteiger partial charge on any atom is 0.271 e. The van der Waals surface area contributed by atoms with Crippen LogP contribution in [-0.2, 0) is 11.3 Å². The standard InChI is InChI=1S/C23H25N5O2/c1-16-4-6-17(7-5-16)14-25-22(29)19-3-2-12-28(15-19)23(30)21-13-20(26-27-21)18-8-10-24-11-9-18/h4-11,13,19H,2-3,12,14-15H2,1H3,(H,25,29)(H,26,27)/t19-/m1/s1. The van der Waals surface area contributed by atoms with Crippen LogP contribution in [0, 0.1) is 12.8 Å². The molecule has 1 atom stereocenters. The molecule has 0 saturated carbocycles. The van der Waals surface area contributed by atoms with Crippen LogP contribution in [0.4, 0.5) is 0 Å². The second-order valence-corrected chi connectivity index (χ2v) is 7.70. The molecule has 0 radical (unpaired) electrons. The highest BCUT2D eigenvalue weighted by Crippen LogP contribution is 2.21. The van der Waals surface area contributed by atoms with Gasteiger partial charge in [0.15, 0.2) is 0 Å². The van der Waals surface area contributed by atoms with Gasteiger partial charge in [0.25, 0.3) is 5.91 Å². The number of amides is 2. The number of hydrogen-bond acceptors (Lipinski definition) is 4. The first kappa shape index (κ1) is 19.8. The average Bonchev–Trinajstić information content (AvgIpc) is 3.29. The molecule has 0 aliphatic carbocycles. The van der Waals surface area contributed by atoms with Gasteiger partial charge in [0.05, 0.1) is 11.6 Å². The summed E-state index contributed by atoms with van der Waals surface area (Å²) in [4.78, 5) is 31.3. The summed E-state index contributed by atoms with van der Waals surface area (Å²) in [5.74, 6) is -0.329. The van der Waals surface area contributed by atoms with Crippen LogP contribution in [0.2, 0.25) is 0 Å². The molecule has 2 N–H and O–H groups in total. The Hall–Kier alpha value is -3.48. The van der Waals surface area contributed by atoms with Gasteiger partial charge in [0.2, 0.25) is 5.91 Å². The Balaban J connectivity index is 1.36. The summed E-state index contributed by atoms with van der Waals surface area (Å²) in [6.07, 6.45) is 4.97. The molecule has 154 valence electrons. The third kappa shape index (κ3) is 4.56. The fourth-order valence-corrected chi connectivity index (χ4v) is 3.69. The van der Waals surface area contributed by atoms with Crippen LogP contribution in [0.5, 0.6) is 0 Å². The van der Waals surface area contributed by atoms with Gasteiger partial charge in [-0.3, -0.25) is 19.7 Å². The lowest BCUT2D eigenvalue weighted by Crippen LogP contribution is -2.45. The molecule has 1 aliphatic rings. The fraction of sp³-hybridized carbons (Fsp3) is 0.304. The minimum atomic E-state index is -0.198. The van der Waals surface area contributed by atoms with Crippen molar-refractivity contribution in [2.75, 3.05) is 13.1 Å². The molecule has 30 heavy (non-hydrogen) atoms. The highest BCUT2D eigenvalue weighted by molar-refractivity contribution is 5.94. The molecule has 0 unspecified atom stereocenters. The minimum absolute atomic E-state index is 0.00448. The van der Waals surface area contributed by atoms with Crippen molar-refractivity contribution in [1.29, 1.82) is 0 Å². The second kappa shape index (κ2) is 8.90. The van der Waals surface area contributed by atoms with Gasteiger partial charge in [-0.15, -0.1) is 0 Å². The largest absolute Gasteiger partial charge is 0.352 e. The first-order valence-electron chi connectivity index (χ1n) is 10.2. The number of aromatic nitrogens is 3. The Kier molecular flexibility index (Phi) is 5.88. The van der Waals surface area contributed by atoms with Gasteiger partial charge in [0.1, 0.15) is 5.69 Å². The zero-order valence-corrected chi connectivity index (χ0v) is 17.0. The highest BCUT2D eigenvalue weighted by atomic mass is 16.2. The number of rotatable bonds is 5. The molecule has 7 heteroatoms. The molecule has 3 heterocycles. The van der Waals surface area contributed by atoms with Crippen molar-refractivity contribution in [3.63, 3.8) is 0 Å². The monoisotopic (exact) mass is 403 g/mol. The van der Waals surface area contributed by atoms with E-state index in [4.69, 9.17) is 0 Å². The summed E-state index contributed by atoms with van der Waals surface area (Å²) in [5, 5.41) is 10.1. The summed E-state index contributed by atoms with van der Waals surface area (Å²) in [6, 6.07) is 13.5. The maximum atomic E-state index is 12.9. The Labute approximate surface area is 175 Å². The van der Waals surface area contributed by atoms with Crippen LogP contribution >= 0.6 is 0 Å². The summed E-state index contributed by atoms with van der Waals surface area (Å²) in [7, 11) is 0. The van der Waals surface area contributed by atoms with Gasteiger partial charge >= 0.3 is 0 Å². The molecule has 1 saturated heterocycles. The van der Waals surface area contributed by atoms with Crippen molar-refractivity contribution in [2.45, 2.75) is 26.3 Å². The number of aryl methyl sites for hydroxylation is 1. The quantitative estimate of drug-likeness (QED) is 0.685. The lowest BCUT2D eigenvalue weighted by Gasteiger charge is -2.31. The molecule has 1 aromatic carbocycles. The molecule has 3 aromatic rings. The summed E-state index contributed by atoms with van der Waals surface area (Å²) in [6.45, 7) is 3.60. The smallest absolute Gasteiger partial charge is 0.271 e. The molecule has 7 nitrogen and oxygen atoms in total. The lowest BCUT2D eigenvalue weighted by atomic mass is 9.96. The Bertz CT molecular complexity index is 1010. The number of aromatic amines is 1. The topological polar surface area (TPSA) is 91.0 Å². The first-order chi connectivity index (χ1) is 14.6. The van der Waals surface area contributed by atoms with Gasteiger partial charge in [0, 0.05) is 37.6 Å². The summed E-state index contributed by atoms with van der Waals surface area (Å²) >= 11 is 0. The van der Waals surface area contributed by atoms with Crippen LogP contribution in [-0.4, -0.2) is 45.0 Å². The van der Waals surface area contributed by atoms with Gasteiger partial charge in [-0.05, 0) is 43.5 Å². The third-order valence-corrected chi connectivity index (χ3v) is 5.45. The molecule has 2 amide bonds. The van der Waals surface area contributed by atoms with Crippen molar-refractivity contribution in [2.24, 2.45) is 5.92 Å². The number of carbonyl (C=O) groups is 2. The number of pyridine rings is 1. The lowest BCUT2D eigenvalue weighted by molar-refractivity contribution is -0.126. The first-order valence-corrected chi connectivity index (χ1v) is 10.2. The van der Waals surface area contributed by atoms with E-state index in [1.54, 1.807) is 23.4 Å². The van der Waals surface area contributed by atoms with Crippen LogP contribution in [0.25, 0.3) is 11.3 Å². The number of piperidine rings is 1.